The number of hydrogen-bond acceptors (Lipinski definition) is 3. The summed E-state index contributed by atoms with van der Waals surface area (Å²) in [6.07, 6.45) is 2.32. The second kappa shape index (κ2) is 5.25. The molecule has 1 aliphatic rings. The van der Waals surface area contributed by atoms with Crippen LogP contribution in [0.5, 0.6) is 0 Å². The van der Waals surface area contributed by atoms with Crippen molar-refractivity contribution in [1.29, 1.82) is 5.26 Å². The third-order valence-corrected chi connectivity index (χ3v) is 3.69. The van der Waals surface area contributed by atoms with E-state index in [1.165, 1.54) is 5.69 Å². The predicted octanol–water partition coefficient (Wildman–Crippen LogP) is 2.42. The van der Waals surface area contributed by atoms with Crippen LogP contribution in [0.1, 0.15) is 30.0 Å². The van der Waals surface area contributed by atoms with Gasteiger partial charge in [-0.1, -0.05) is 12.1 Å². The zero-order chi connectivity index (χ0) is 13.1. The van der Waals surface area contributed by atoms with Gasteiger partial charge < -0.3 is 5.32 Å². The molecule has 1 fully saturated rings. The molecule has 0 aliphatic carbocycles. The highest BCUT2D eigenvalue weighted by Gasteiger charge is 2.17. The van der Waals surface area contributed by atoms with E-state index in [2.05, 4.69) is 27.6 Å². The Kier molecular flexibility index (Phi) is 3.30. The number of nitrogens with one attached hydrogen (secondary N) is 2. The number of hydrogen-bond donors (Lipinski definition) is 2. The fourth-order valence-electron chi connectivity index (χ4n) is 2.54. The second-order valence-electron chi connectivity index (χ2n) is 4.92. The van der Waals surface area contributed by atoms with Crippen molar-refractivity contribution in [3.8, 4) is 17.3 Å². The molecule has 4 nitrogen and oxygen atoms in total. The molecule has 0 amide bonds. The molecular formula is C15H16N4. The molecule has 1 aliphatic heterocycles. The van der Waals surface area contributed by atoms with Crippen LogP contribution in [0, 0.1) is 11.3 Å². The summed E-state index contributed by atoms with van der Waals surface area (Å²) in [4.78, 5) is 0. The van der Waals surface area contributed by atoms with Crippen LogP contribution in [-0.4, -0.2) is 23.3 Å². The molecular weight excluding hydrogens is 236 g/mol. The van der Waals surface area contributed by atoms with Gasteiger partial charge in [0.15, 0.2) is 0 Å². The third kappa shape index (κ3) is 2.51. The van der Waals surface area contributed by atoms with Crippen molar-refractivity contribution < 1.29 is 0 Å². The maximum atomic E-state index is 8.80. The highest BCUT2D eigenvalue weighted by molar-refractivity contribution is 5.60. The summed E-state index contributed by atoms with van der Waals surface area (Å²) >= 11 is 0. The van der Waals surface area contributed by atoms with Crippen molar-refractivity contribution in [2.45, 2.75) is 18.8 Å². The Balaban J connectivity index is 1.81. The van der Waals surface area contributed by atoms with Gasteiger partial charge in [0, 0.05) is 17.2 Å². The van der Waals surface area contributed by atoms with E-state index in [-0.39, 0.29) is 0 Å². The first-order valence-electron chi connectivity index (χ1n) is 6.63. The maximum absolute atomic E-state index is 8.80. The molecule has 0 radical (unpaired) electrons. The number of aromatic nitrogens is 2. The number of H-pyrrole nitrogens is 1. The van der Waals surface area contributed by atoms with Gasteiger partial charge in [-0.25, -0.2) is 0 Å². The van der Waals surface area contributed by atoms with Crippen molar-refractivity contribution in [2.75, 3.05) is 13.1 Å². The average molecular weight is 252 g/mol. The standard InChI is InChI=1S/C15H16N4/c16-10-11-1-3-12(4-2-11)14-9-15(19-18-14)13-5-7-17-8-6-13/h1-4,9,13,17H,5-8H2,(H,18,19). The fourth-order valence-corrected chi connectivity index (χ4v) is 2.54. The van der Waals surface area contributed by atoms with E-state index in [0.717, 1.165) is 37.2 Å². The molecule has 0 spiro atoms. The van der Waals surface area contributed by atoms with Crippen LogP contribution in [0.25, 0.3) is 11.3 Å². The molecule has 0 unspecified atom stereocenters. The average Bonchev–Trinajstić information content (AvgIpc) is 2.98. The van der Waals surface area contributed by atoms with E-state index >= 15 is 0 Å². The SMILES string of the molecule is N#Cc1ccc(-c2cc(C3CCNCC3)[nH]n2)cc1. The number of nitrogens with zero attached hydrogens (tertiary/aromatic N) is 2. The van der Waals surface area contributed by atoms with E-state index in [0.29, 0.717) is 11.5 Å². The summed E-state index contributed by atoms with van der Waals surface area (Å²) in [5.74, 6) is 0.584. The van der Waals surface area contributed by atoms with Crippen LogP contribution >= 0.6 is 0 Å². The highest BCUT2D eigenvalue weighted by atomic mass is 15.1. The minimum atomic E-state index is 0.584. The lowest BCUT2D eigenvalue weighted by atomic mass is 9.94. The van der Waals surface area contributed by atoms with Gasteiger partial charge in [-0.05, 0) is 44.1 Å². The first-order chi connectivity index (χ1) is 9.36. The Labute approximate surface area is 112 Å². The summed E-state index contributed by atoms with van der Waals surface area (Å²) in [5, 5.41) is 19.7. The van der Waals surface area contributed by atoms with Gasteiger partial charge in [0.2, 0.25) is 0 Å². The molecule has 96 valence electrons. The summed E-state index contributed by atoms with van der Waals surface area (Å²) in [6.45, 7) is 2.16. The van der Waals surface area contributed by atoms with E-state index in [9.17, 15) is 0 Å². The molecule has 2 N–H and O–H groups in total. The van der Waals surface area contributed by atoms with Gasteiger partial charge in [0.25, 0.3) is 0 Å². The topological polar surface area (TPSA) is 64.5 Å². The van der Waals surface area contributed by atoms with Crippen LogP contribution in [0.4, 0.5) is 0 Å². The highest BCUT2D eigenvalue weighted by Crippen LogP contribution is 2.27. The molecule has 19 heavy (non-hydrogen) atoms. The van der Waals surface area contributed by atoms with Gasteiger partial charge >= 0.3 is 0 Å². The molecule has 2 aromatic rings. The van der Waals surface area contributed by atoms with E-state index in [1.807, 2.05) is 24.3 Å². The van der Waals surface area contributed by atoms with E-state index in [4.69, 9.17) is 5.26 Å². The van der Waals surface area contributed by atoms with Gasteiger partial charge in [0.05, 0.1) is 17.3 Å². The fraction of sp³-hybridized carbons (Fsp3) is 0.333. The normalized spacial score (nSPS) is 16.2. The molecule has 1 aromatic heterocycles. The number of nitriles is 1. The molecule has 0 saturated carbocycles. The largest absolute Gasteiger partial charge is 0.317 e. The molecule has 3 rings (SSSR count). The smallest absolute Gasteiger partial charge is 0.0991 e. The predicted molar refractivity (Wildman–Crippen MR) is 73.6 cm³/mol. The van der Waals surface area contributed by atoms with Gasteiger partial charge in [0.1, 0.15) is 0 Å². The van der Waals surface area contributed by atoms with Crippen molar-refractivity contribution in [2.24, 2.45) is 0 Å². The summed E-state index contributed by atoms with van der Waals surface area (Å²) < 4.78 is 0. The Morgan fingerprint density at radius 3 is 2.58 bits per heavy atom. The van der Waals surface area contributed by atoms with Crippen molar-refractivity contribution >= 4 is 0 Å². The first kappa shape index (κ1) is 11.9. The number of benzene rings is 1. The quantitative estimate of drug-likeness (QED) is 0.862. The van der Waals surface area contributed by atoms with Crippen LogP contribution in [0.3, 0.4) is 0 Å². The zero-order valence-electron chi connectivity index (χ0n) is 10.7. The van der Waals surface area contributed by atoms with E-state index < -0.39 is 0 Å². The lowest BCUT2D eigenvalue weighted by Gasteiger charge is -2.20. The molecule has 0 bridgehead atoms. The van der Waals surface area contributed by atoms with Crippen LogP contribution in [0.15, 0.2) is 30.3 Å². The Hall–Kier alpha value is -2.12. The third-order valence-electron chi connectivity index (χ3n) is 3.69. The van der Waals surface area contributed by atoms with Gasteiger partial charge in [-0.2, -0.15) is 10.4 Å². The monoisotopic (exact) mass is 252 g/mol. The van der Waals surface area contributed by atoms with Crippen LogP contribution in [-0.2, 0) is 0 Å². The molecule has 1 aromatic carbocycles. The molecule has 4 heteroatoms. The first-order valence-corrected chi connectivity index (χ1v) is 6.63. The maximum Gasteiger partial charge on any atom is 0.0991 e. The summed E-state index contributed by atoms with van der Waals surface area (Å²) in [5.41, 5.74) is 3.91. The van der Waals surface area contributed by atoms with Gasteiger partial charge in [-0.15, -0.1) is 0 Å². The zero-order valence-corrected chi connectivity index (χ0v) is 10.7. The Morgan fingerprint density at radius 1 is 1.16 bits per heavy atom. The Bertz CT molecular complexity index is 585. The van der Waals surface area contributed by atoms with Crippen LogP contribution < -0.4 is 5.32 Å². The molecule has 2 heterocycles. The Morgan fingerprint density at radius 2 is 1.89 bits per heavy atom. The number of rotatable bonds is 2. The van der Waals surface area contributed by atoms with Crippen molar-refractivity contribution in [3.05, 3.63) is 41.6 Å². The minimum absolute atomic E-state index is 0.584. The van der Waals surface area contributed by atoms with Crippen LogP contribution in [0.2, 0.25) is 0 Å². The lowest BCUT2D eigenvalue weighted by Crippen LogP contribution is -2.26. The van der Waals surface area contributed by atoms with E-state index in [1.54, 1.807) is 0 Å². The number of piperidine rings is 1. The van der Waals surface area contributed by atoms with Crippen molar-refractivity contribution in [3.63, 3.8) is 0 Å². The second-order valence-corrected chi connectivity index (χ2v) is 4.92. The van der Waals surface area contributed by atoms with Crippen molar-refractivity contribution in [1.82, 2.24) is 15.5 Å². The summed E-state index contributed by atoms with van der Waals surface area (Å²) in [7, 11) is 0. The summed E-state index contributed by atoms with van der Waals surface area (Å²) in [6, 6.07) is 11.8. The van der Waals surface area contributed by atoms with Gasteiger partial charge in [-0.3, -0.25) is 5.10 Å². The molecule has 1 saturated heterocycles. The minimum Gasteiger partial charge on any atom is -0.317 e. The molecule has 0 atom stereocenters. The number of aromatic amines is 1. The lowest BCUT2D eigenvalue weighted by molar-refractivity contribution is 0.453.